The highest BCUT2D eigenvalue weighted by molar-refractivity contribution is 6.03. The van der Waals surface area contributed by atoms with Crippen LogP contribution in [0.25, 0.3) is 0 Å². The molecule has 2 aliphatic rings. The molecule has 0 amide bonds. The summed E-state index contributed by atoms with van der Waals surface area (Å²) in [6.45, 7) is 8.93. The van der Waals surface area contributed by atoms with Gasteiger partial charge in [0.25, 0.3) is 0 Å². The molecule has 0 aromatic heterocycles. The van der Waals surface area contributed by atoms with Gasteiger partial charge in [-0.25, -0.2) is 0 Å². The first-order valence-electron chi connectivity index (χ1n) is 7.88. The van der Waals surface area contributed by atoms with Gasteiger partial charge in [0.2, 0.25) is 0 Å². The van der Waals surface area contributed by atoms with Crippen molar-refractivity contribution in [3.8, 4) is 0 Å². The van der Waals surface area contributed by atoms with E-state index in [9.17, 15) is 4.79 Å². The Morgan fingerprint density at radius 1 is 1.29 bits per heavy atom. The summed E-state index contributed by atoms with van der Waals surface area (Å²) in [6, 6.07) is 8.50. The van der Waals surface area contributed by atoms with Crippen molar-refractivity contribution >= 4 is 11.5 Å². The van der Waals surface area contributed by atoms with Crippen LogP contribution in [-0.2, 0) is 4.74 Å². The van der Waals surface area contributed by atoms with Gasteiger partial charge in [0, 0.05) is 49.9 Å². The highest BCUT2D eigenvalue weighted by Gasteiger charge is 2.28. The third-order valence-electron chi connectivity index (χ3n) is 4.48. The number of ketones is 1. The van der Waals surface area contributed by atoms with Crippen LogP contribution in [0.2, 0.25) is 0 Å². The third-order valence-corrected chi connectivity index (χ3v) is 4.48. The van der Waals surface area contributed by atoms with Crippen molar-refractivity contribution in [1.82, 2.24) is 4.90 Å². The van der Waals surface area contributed by atoms with E-state index in [2.05, 4.69) is 29.7 Å². The fourth-order valence-electron chi connectivity index (χ4n) is 3.23. The van der Waals surface area contributed by atoms with Crippen molar-refractivity contribution < 1.29 is 9.53 Å². The Labute approximate surface area is 126 Å². The van der Waals surface area contributed by atoms with Crippen LogP contribution in [0.1, 0.15) is 30.6 Å². The highest BCUT2D eigenvalue weighted by atomic mass is 16.5. The summed E-state index contributed by atoms with van der Waals surface area (Å²) < 4.78 is 5.93. The van der Waals surface area contributed by atoms with Gasteiger partial charge in [0.1, 0.15) is 0 Å². The molecular weight excluding hydrogens is 264 g/mol. The van der Waals surface area contributed by atoms with Gasteiger partial charge < -0.3 is 9.64 Å². The largest absolute Gasteiger partial charge is 0.374 e. The topological polar surface area (TPSA) is 32.8 Å². The maximum atomic E-state index is 12.0. The summed E-state index contributed by atoms with van der Waals surface area (Å²) in [5.74, 6) is 0.259. The number of hydrogen-bond acceptors (Lipinski definition) is 4. The van der Waals surface area contributed by atoms with Gasteiger partial charge in [0.05, 0.1) is 12.7 Å². The first kappa shape index (κ1) is 14.5. The number of rotatable bonds is 3. The third kappa shape index (κ3) is 3.11. The fourth-order valence-corrected chi connectivity index (χ4v) is 3.23. The molecule has 0 radical (unpaired) electrons. The van der Waals surface area contributed by atoms with E-state index >= 15 is 0 Å². The maximum Gasteiger partial charge on any atom is 0.166 e. The Morgan fingerprint density at radius 3 is 2.90 bits per heavy atom. The lowest BCUT2D eigenvalue weighted by atomic mass is 10.00. The molecule has 2 heterocycles. The highest BCUT2D eigenvalue weighted by Crippen LogP contribution is 2.27. The SMILES string of the molecule is CC(C)N1CCOC(CN2CCC(=O)c3ccccc32)C1. The maximum absolute atomic E-state index is 12.0. The smallest absolute Gasteiger partial charge is 0.166 e. The van der Waals surface area contributed by atoms with E-state index in [-0.39, 0.29) is 11.9 Å². The van der Waals surface area contributed by atoms with Gasteiger partial charge in [-0.2, -0.15) is 0 Å². The molecule has 4 nitrogen and oxygen atoms in total. The summed E-state index contributed by atoms with van der Waals surface area (Å²) in [6.07, 6.45) is 0.833. The van der Waals surface area contributed by atoms with Crippen LogP contribution in [0.3, 0.4) is 0 Å². The monoisotopic (exact) mass is 288 g/mol. The number of para-hydroxylation sites is 1. The summed E-state index contributed by atoms with van der Waals surface area (Å²) in [5.41, 5.74) is 1.93. The van der Waals surface area contributed by atoms with Crippen molar-refractivity contribution in [3.05, 3.63) is 29.8 Å². The van der Waals surface area contributed by atoms with Gasteiger partial charge >= 0.3 is 0 Å². The lowest BCUT2D eigenvalue weighted by molar-refractivity contribution is -0.0343. The number of ether oxygens (including phenoxy) is 1. The summed E-state index contributed by atoms with van der Waals surface area (Å²) in [5, 5.41) is 0. The van der Waals surface area contributed by atoms with Crippen LogP contribution < -0.4 is 4.90 Å². The fraction of sp³-hybridized carbons (Fsp3) is 0.588. The summed E-state index contributed by atoms with van der Waals surface area (Å²) >= 11 is 0. The molecule has 0 bridgehead atoms. The van der Waals surface area contributed by atoms with Gasteiger partial charge in [-0.05, 0) is 26.0 Å². The molecule has 0 saturated carbocycles. The molecule has 1 unspecified atom stereocenters. The Balaban J connectivity index is 1.71. The second-order valence-corrected chi connectivity index (χ2v) is 6.22. The molecule has 2 aliphatic heterocycles. The number of morpholine rings is 1. The van der Waals surface area contributed by atoms with Crippen molar-refractivity contribution in [2.24, 2.45) is 0 Å². The lowest BCUT2D eigenvalue weighted by Gasteiger charge is -2.39. The van der Waals surface area contributed by atoms with Crippen LogP contribution in [0.5, 0.6) is 0 Å². The van der Waals surface area contributed by atoms with Crippen LogP contribution in [0, 0.1) is 0 Å². The molecule has 1 atom stereocenters. The molecule has 0 N–H and O–H groups in total. The van der Waals surface area contributed by atoms with E-state index in [0.717, 1.165) is 44.0 Å². The van der Waals surface area contributed by atoms with E-state index in [1.807, 2.05) is 18.2 Å². The molecule has 1 saturated heterocycles. The molecule has 114 valence electrons. The van der Waals surface area contributed by atoms with Crippen LogP contribution in [-0.4, -0.2) is 55.6 Å². The average Bonchev–Trinajstić information content (AvgIpc) is 2.51. The minimum Gasteiger partial charge on any atom is -0.374 e. The number of fused-ring (bicyclic) bond motifs is 1. The number of hydrogen-bond donors (Lipinski definition) is 0. The van der Waals surface area contributed by atoms with Crippen molar-refractivity contribution in [1.29, 1.82) is 0 Å². The number of carbonyl (C=O) groups is 1. The zero-order chi connectivity index (χ0) is 14.8. The predicted octanol–water partition coefficient (Wildman–Crippen LogP) is 2.19. The minimum atomic E-state index is 0.224. The standard InChI is InChI=1S/C17H24N2O2/c1-13(2)18-9-10-21-14(11-18)12-19-8-7-17(20)15-5-3-4-6-16(15)19/h3-6,13-14H,7-12H2,1-2H3. The average molecular weight is 288 g/mol. The first-order chi connectivity index (χ1) is 10.1. The summed E-state index contributed by atoms with van der Waals surface area (Å²) in [4.78, 5) is 16.8. The summed E-state index contributed by atoms with van der Waals surface area (Å²) in [7, 11) is 0. The first-order valence-corrected chi connectivity index (χ1v) is 7.88. The number of Topliss-reactive ketones (excluding diaryl/α,β-unsaturated/α-hetero) is 1. The van der Waals surface area contributed by atoms with Gasteiger partial charge in [-0.15, -0.1) is 0 Å². The Kier molecular flexibility index (Phi) is 4.27. The molecule has 3 rings (SSSR count). The lowest BCUT2D eigenvalue weighted by Crippen LogP contribution is -2.50. The molecule has 0 aliphatic carbocycles. The van der Waals surface area contributed by atoms with Crippen molar-refractivity contribution in [2.45, 2.75) is 32.4 Å². The Hall–Kier alpha value is -1.39. The minimum absolute atomic E-state index is 0.224. The van der Waals surface area contributed by atoms with Crippen molar-refractivity contribution in [3.63, 3.8) is 0 Å². The van der Waals surface area contributed by atoms with Gasteiger partial charge in [-0.1, -0.05) is 12.1 Å². The number of nitrogens with zero attached hydrogens (tertiary/aromatic N) is 2. The van der Waals surface area contributed by atoms with Crippen molar-refractivity contribution in [2.75, 3.05) is 37.7 Å². The molecule has 4 heteroatoms. The molecule has 1 aromatic rings. The van der Waals surface area contributed by atoms with Gasteiger partial charge in [0.15, 0.2) is 5.78 Å². The zero-order valence-corrected chi connectivity index (χ0v) is 12.9. The number of carbonyl (C=O) groups excluding carboxylic acids is 1. The quantitative estimate of drug-likeness (QED) is 0.853. The number of benzene rings is 1. The van der Waals surface area contributed by atoms with E-state index in [1.165, 1.54) is 0 Å². The van der Waals surface area contributed by atoms with E-state index in [0.29, 0.717) is 12.5 Å². The molecular formula is C17H24N2O2. The van der Waals surface area contributed by atoms with Crippen LogP contribution in [0.4, 0.5) is 5.69 Å². The molecule has 1 aromatic carbocycles. The second kappa shape index (κ2) is 6.16. The van der Waals surface area contributed by atoms with Gasteiger partial charge in [-0.3, -0.25) is 9.69 Å². The van der Waals surface area contributed by atoms with E-state index < -0.39 is 0 Å². The normalized spacial score (nSPS) is 23.5. The molecule has 1 fully saturated rings. The number of anilines is 1. The van der Waals surface area contributed by atoms with E-state index in [1.54, 1.807) is 0 Å². The second-order valence-electron chi connectivity index (χ2n) is 6.22. The molecule has 21 heavy (non-hydrogen) atoms. The molecule has 0 spiro atoms. The van der Waals surface area contributed by atoms with E-state index in [4.69, 9.17) is 4.74 Å². The Morgan fingerprint density at radius 2 is 2.10 bits per heavy atom. The predicted molar refractivity (Wildman–Crippen MR) is 84.1 cm³/mol. The zero-order valence-electron chi connectivity index (χ0n) is 12.9. The Bertz CT molecular complexity index is 515. The van der Waals surface area contributed by atoms with Crippen LogP contribution >= 0.6 is 0 Å². The van der Waals surface area contributed by atoms with Crippen LogP contribution in [0.15, 0.2) is 24.3 Å².